The Balaban J connectivity index is 2.04. The van der Waals surface area contributed by atoms with E-state index in [0.717, 1.165) is 5.56 Å². The van der Waals surface area contributed by atoms with Crippen molar-refractivity contribution in [2.45, 2.75) is 30.7 Å². The summed E-state index contributed by atoms with van der Waals surface area (Å²) in [6.45, 7) is 6.11. The Labute approximate surface area is 125 Å². The maximum atomic E-state index is 12.5. The first kappa shape index (κ1) is 15.7. The molecule has 1 fully saturated rings. The van der Waals surface area contributed by atoms with Crippen LogP contribution in [0.1, 0.15) is 18.4 Å². The Morgan fingerprint density at radius 3 is 2.62 bits per heavy atom. The normalized spacial score (nSPS) is 17.4. The summed E-state index contributed by atoms with van der Waals surface area (Å²) in [5.74, 6) is -0.213. The monoisotopic (exact) mass is 308 g/mol. The van der Waals surface area contributed by atoms with Gasteiger partial charge in [-0.25, -0.2) is 8.42 Å². The van der Waals surface area contributed by atoms with Crippen LogP contribution in [0.15, 0.2) is 41.8 Å². The van der Waals surface area contributed by atoms with Crippen molar-refractivity contribution in [2.75, 3.05) is 13.1 Å². The fourth-order valence-electron chi connectivity index (χ4n) is 2.43. The highest BCUT2D eigenvalue weighted by molar-refractivity contribution is 7.89. The van der Waals surface area contributed by atoms with Gasteiger partial charge in [-0.15, -0.1) is 0 Å². The van der Waals surface area contributed by atoms with E-state index in [-0.39, 0.29) is 11.9 Å². The van der Waals surface area contributed by atoms with Crippen molar-refractivity contribution in [1.29, 1.82) is 0 Å². The molecule has 1 amide bonds. The number of piperidine rings is 1. The number of carbonyl (C=O) groups excluding carboxylic acids is 1. The van der Waals surface area contributed by atoms with Crippen molar-refractivity contribution < 1.29 is 13.2 Å². The van der Waals surface area contributed by atoms with Crippen LogP contribution in [0.2, 0.25) is 0 Å². The Kier molecular flexibility index (Phi) is 4.80. The van der Waals surface area contributed by atoms with Crippen molar-refractivity contribution >= 4 is 15.9 Å². The first-order chi connectivity index (χ1) is 9.93. The summed E-state index contributed by atoms with van der Waals surface area (Å²) in [5, 5.41) is 2.81. The van der Waals surface area contributed by atoms with E-state index in [2.05, 4.69) is 11.9 Å². The molecular formula is C15H20N2O3S. The Morgan fingerprint density at radius 1 is 1.38 bits per heavy atom. The molecule has 0 radical (unpaired) electrons. The number of sulfonamides is 1. The lowest BCUT2D eigenvalue weighted by Gasteiger charge is -2.31. The number of hydrogen-bond donors (Lipinski definition) is 1. The maximum absolute atomic E-state index is 12.5. The smallest absolute Gasteiger partial charge is 0.243 e. The maximum Gasteiger partial charge on any atom is 0.243 e. The average Bonchev–Trinajstić information content (AvgIpc) is 2.47. The molecule has 0 saturated carbocycles. The fourth-order valence-corrected chi connectivity index (χ4v) is 4.00. The third-order valence-corrected chi connectivity index (χ3v) is 5.51. The van der Waals surface area contributed by atoms with Gasteiger partial charge in [0.2, 0.25) is 15.9 Å². The number of benzene rings is 1. The van der Waals surface area contributed by atoms with Gasteiger partial charge in [0, 0.05) is 19.1 Å². The molecule has 0 atom stereocenters. The fraction of sp³-hybridized carbons (Fsp3) is 0.400. The summed E-state index contributed by atoms with van der Waals surface area (Å²) in [6.07, 6.45) is 2.46. The lowest BCUT2D eigenvalue weighted by atomic mass is 10.1. The van der Waals surface area contributed by atoms with Gasteiger partial charge in [-0.05, 0) is 43.5 Å². The van der Waals surface area contributed by atoms with Gasteiger partial charge in [-0.1, -0.05) is 18.7 Å². The minimum Gasteiger partial charge on any atom is -0.350 e. The van der Waals surface area contributed by atoms with E-state index in [1.54, 1.807) is 18.2 Å². The number of hydrogen-bond acceptors (Lipinski definition) is 3. The molecule has 1 aliphatic rings. The lowest BCUT2D eigenvalue weighted by Crippen LogP contribution is -2.46. The molecule has 1 aromatic carbocycles. The molecular weight excluding hydrogens is 288 g/mol. The van der Waals surface area contributed by atoms with E-state index in [1.165, 1.54) is 10.4 Å². The lowest BCUT2D eigenvalue weighted by molar-refractivity contribution is -0.117. The third kappa shape index (κ3) is 3.71. The van der Waals surface area contributed by atoms with Gasteiger partial charge in [-0.2, -0.15) is 4.31 Å². The van der Waals surface area contributed by atoms with Gasteiger partial charge in [0.25, 0.3) is 0 Å². The number of nitrogens with zero attached hydrogens (tertiary/aromatic N) is 1. The average molecular weight is 308 g/mol. The van der Waals surface area contributed by atoms with Crippen LogP contribution in [0.25, 0.3) is 0 Å². The topological polar surface area (TPSA) is 66.5 Å². The van der Waals surface area contributed by atoms with Gasteiger partial charge < -0.3 is 5.32 Å². The van der Waals surface area contributed by atoms with Crippen LogP contribution in [-0.2, 0) is 14.8 Å². The summed E-state index contributed by atoms with van der Waals surface area (Å²) >= 11 is 0. The number of aryl methyl sites for hydroxylation is 1. The van der Waals surface area contributed by atoms with Crippen LogP contribution in [0.5, 0.6) is 0 Å². The molecule has 6 heteroatoms. The van der Waals surface area contributed by atoms with Crippen LogP contribution in [0.3, 0.4) is 0 Å². The predicted molar refractivity (Wildman–Crippen MR) is 81.3 cm³/mol. The van der Waals surface area contributed by atoms with E-state index in [1.807, 2.05) is 13.0 Å². The zero-order valence-corrected chi connectivity index (χ0v) is 12.9. The van der Waals surface area contributed by atoms with Crippen LogP contribution in [-0.4, -0.2) is 37.8 Å². The highest BCUT2D eigenvalue weighted by Gasteiger charge is 2.29. The molecule has 0 spiro atoms. The molecule has 1 aliphatic heterocycles. The van der Waals surface area contributed by atoms with E-state index in [0.29, 0.717) is 30.8 Å². The minimum atomic E-state index is -3.44. The van der Waals surface area contributed by atoms with E-state index < -0.39 is 10.0 Å². The Bertz CT molecular complexity index is 632. The first-order valence-corrected chi connectivity index (χ1v) is 8.37. The number of rotatable bonds is 4. The van der Waals surface area contributed by atoms with Crippen LogP contribution < -0.4 is 5.32 Å². The van der Waals surface area contributed by atoms with Crippen LogP contribution in [0.4, 0.5) is 0 Å². The highest BCUT2D eigenvalue weighted by atomic mass is 32.2. The van der Waals surface area contributed by atoms with Gasteiger partial charge in [0.1, 0.15) is 0 Å². The molecule has 5 nitrogen and oxygen atoms in total. The molecule has 0 unspecified atom stereocenters. The Morgan fingerprint density at radius 2 is 2.05 bits per heavy atom. The minimum absolute atomic E-state index is 0.0134. The zero-order valence-electron chi connectivity index (χ0n) is 12.1. The van der Waals surface area contributed by atoms with Crippen molar-refractivity contribution in [3.05, 3.63) is 42.5 Å². The van der Waals surface area contributed by atoms with E-state index in [4.69, 9.17) is 0 Å². The van der Waals surface area contributed by atoms with Crippen molar-refractivity contribution in [1.82, 2.24) is 9.62 Å². The zero-order chi connectivity index (χ0) is 15.5. The van der Waals surface area contributed by atoms with Gasteiger partial charge in [-0.3, -0.25) is 4.79 Å². The molecule has 0 aromatic heterocycles. The first-order valence-electron chi connectivity index (χ1n) is 6.93. The van der Waals surface area contributed by atoms with Gasteiger partial charge in [0.15, 0.2) is 0 Å². The summed E-state index contributed by atoms with van der Waals surface area (Å²) in [6, 6.07) is 6.93. The molecule has 0 bridgehead atoms. The largest absolute Gasteiger partial charge is 0.350 e. The standard InChI is InChI=1S/C15H20N2O3S/c1-3-15(18)16-13-7-9-17(10-8-13)21(19,20)14-6-4-5-12(2)11-14/h3-6,11,13H,1,7-10H2,2H3,(H,16,18). The second kappa shape index (κ2) is 6.41. The summed E-state index contributed by atoms with van der Waals surface area (Å²) in [5.41, 5.74) is 0.921. The van der Waals surface area contributed by atoms with E-state index >= 15 is 0 Å². The second-order valence-electron chi connectivity index (χ2n) is 5.21. The van der Waals surface area contributed by atoms with Gasteiger partial charge in [0.05, 0.1) is 4.90 Å². The summed E-state index contributed by atoms with van der Waals surface area (Å²) in [4.78, 5) is 11.6. The summed E-state index contributed by atoms with van der Waals surface area (Å²) in [7, 11) is -3.44. The quantitative estimate of drug-likeness (QED) is 0.856. The molecule has 1 aromatic rings. The summed E-state index contributed by atoms with van der Waals surface area (Å²) < 4.78 is 26.6. The predicted octanol–water partition coefficient (Wildman–Crippen LogP) is 1.45. The van der Waals surface area contributed by atoms with E-state index in [9.17, 15) is 13.2 Å². The van der Waals surface area contributed by atoms with Gasteiger partial charge >= 0.3 is 0 Å². The van der Waals surface area contributed by atoms with Crippen molar-refractivity contribution in [3.63, 3.8) is 0 Å². The SMILES string of the molecule is C=CC(=O)NC1CCN(S(=O)(=O)c2cccc(C)c2)CC1. The number of amides is 1. The third-order valence-electron chi connectivity index (χ3n) is 3.61. The molecule has 0 aliphatic carbocycles. The molecule has 1 saturated heterocycles. The van der Waals surface area contributed by atoms with Crippen molar-refractivity contribution in [3.8, 4) is 0 Å². The second-order valence-corrected chi connectivity index (χ2v) is 7.15. The number of nitrogens with one attached hydrogen (secondary N) is 1. The van der Waals surface area contributed by atoms with Crippen LogP contribution in [0, 0.1) is 6.92 Å². The molecule has 114 valence electrons. The highest BCUT2D eigenvalue weighted by Crippen LogP contribution is 2.21. The van der Waals surface area contributed by atoms with Crippen molar-refractivity contribution in [2.24, 2.45) is 0 Å². The molecule has 1 heterocycles. The molecule has 2 rings (SSSR count). The Hall–Kier alpha value is -1.66. The molecule has 21 heavy (non-hydrogen) atoms. The van der Waals surface area contributed by atoms with Crippen LogP contribution >= 0.6 is 0 Å². The number of carbonyl (C=O) groups is 1. The molecule has 1 N–H and O–H groups in total.